The van der Waals surface area contributed by atoms with Crippen molar-refractivity contribution in [1.29, 1.82) is 0 Å². The third-order valence-corrected chi connectivity index (χ3v) is 4.63. The molecular weight excluding hydrogens is 220 g/mol. The van der Waals surface area contributed by atoms with Gasteiger partial charge in [-0.15, -0.1) is 0 Å². The smallest absolute Gasteiger partial charge is 0.0341 e. The van der Waals surface area contributed by atoms with E-state index in [2.05, 4.69) is 57.3 Å². The molecule has 0 amide bonds. The van der Waals surface area contributed by atoms with Crippen molar-refractivity contribution in [2.75, 3.05) is 6.54 Å². The molecule has 1 aliphatic carbocycles. The van der Waals surface area contributed by atoms with E-state index in [0.717, 1.165) is 13.0 Å². The van der Waals surface area contributed by atoms with Crippen molar-refractivity contribution in [3.05, 3.63) is 35.4 Å². The quantitative estimate of drug-likeness (QED) is 0.854. The second-order valence-corrected chi connectivity index (χ2v) is 6.55. The zero-order valence-electron chi connectivity index (χ0n) is 12.0. The number of nitrogens with one attached hydrogen (secondary N) is 1. The Labute approximate surface area is 111 Å². The van der Waals surface area contributed by atoms with E-state index in [1.807, 2.05) is 0 Å². The van der Waals surface area contributed by atoms with E-state index in [1.165, 1.54) is 11.1 Å². The molecule has 0 radical (unpaired) electrons. The molecule has 1 aromatic carbocycles. The van der Waals surface area contributed by atoms with Crippen molar-refractivity contribution < 1.29 is 0 Å². The minimum absolute atomic E-state index is 0.195. The molecule has 18 heavy (non-hydrogen) atoms. The average Bonchev–Trinajstić information content (AvgIpc) is 2.65. The normalized spacial score (nSPS) is 23.4. The highest BCUT2D eigenvalue weighted by atomic mass is 14.9. The highest BCUT2D eigenvalue weighted by Crippen LogP contribution is 2.37. The second-order valence-electron chi connectivity index (χ2n) is 6.55. The molecule has 0 heterocycles. The van der Waals surface area contributed by atoms with Crippen LogP contribution in [0.3, 0.4) is 0 Å². The van der Waals surface area contributed by atoms with Gasteiger partial charge >= 0.3 is 0 Å². The van der Waals surface area contributed by atoms with Crippen molar-refractivity contribution in [1.82, 2.24) is 5.32 Å². The average molecular weight is 246 g/mol. The van der Waals surface area contributed by atoms with Gasteiger partial charge < -0.3 is 11.1 Å². The lowest BCUT2D eigenvalue weighted by atomic mass is 9.81. The van der Waals surface area contributed by atoms with Crippen LogP contribution < -0.4 is 11.1 Å². The predicted molar refractivity (Wildman–Crippen MR) is 77.4 cm³/mol. The van der Waals surface area contributed by atoms with Crippen LogP contribution in [-0.4, -0.2) is 6.54 Å². The Balaban J connectivity index is 2.05. The summed E-state index contributed by atoms with van der Waals surface area (Å²) in [6, 6.07) is 9.19. The number of fused-ring (bicyclic) bond motifs is 1. The second kappa shape index (κ2) is 5.02. The van der Waals surface area contributed by atoms with Crippen molar-refractivity contribution in [2.45, 2.75) is 46.2 Å². The van der Waals surface area contributed by atoms with Crippen LogP contribution in [0.5, 0.6) is 0 Å². The van der Waals surface area contributed by atoms with Gasteiger partial charge in [0.2, 0.25) is 0 Å². The van der Waals surface area contributed by atoms with Crippen molar-refractivity contribution in [3.8, 4) is 0 Å². The summed E-state index contributed by atoms with van der Waals surface area (Å²) in [6.07, 6.45) is 1.02. The molecule has 2 heteroatoms. The predicted octanol–water partition coefficient (Wildman–Crippen LogP) is 3.40. The Kier molecular flexibility index (Phi) is 3.79. The Morgan fingerprint density at radius 2 is 1.89 bits per heavy atom. The first-order valence-electron chi connectivity index (χ1n) is 6.99. The number of rotatable bonds is 4. The van der Waals surface area contributed by atoms with E-state index in [4.69, 9.17) is 5.73 Å². The number of benzene rings is 1. The SMILES string of the molecule is CC(C)C(C)(C)CNC1CC(N)c2ccccc21. The summed E-state index contributed by atoms with van der Waals surface area (Å²) in [6.45, 7) is 10.3. The Hall–Kier alpha value is -0.860. The molecule has 0 aromatic heterocycles. The largest absolute Gasteiger partial charge is 0.324 e. The fourth-order valence-electron chi connectivity index (χ4n) is 2.46. The summed E-state index contributed by atoms with van der Waals surface area (Å²) in [5.41, 5.74) is 9.23. The maximum absolute atomic E-state index is 6.20. The summed E-state index contributed by atoms with van der Waals surface area (Å²) in [4.78, 5) is 0. The van der Waals surface area contributed by atoms with Gasteiger partial charge in [0.25, 0.3) is 0 Å². The summed E-state index contributed by atoms with van der Waals surface area (Å²) in [5.74, 6) is 0.676. The minimum Gasteiger partial charge on any atom is -0.324 e. The molecule has 0 bridgehead atoms. The molecule has 1 aromatic rings. The van der Waals surface area contributed by atoms with E-state index < -0.39 is 0 Å². The van der Waals surface area contributed by atoms with Gasteiger partial charge in [0.05, 0.1) is 0 Å². The first kappa shape index (κ1) is 13.6. The van der Waals surface area contributed by atoms with Gasteiger partial charge in [-0.3, -0.25) is 0 Å². The maximum atomic E-state index is 6.20. The monoisotopic (exact) mass is 246 g/mol. The zero-order valence-corrected chi connectivity index (χ0v) is 12.0. The molecule has 2 atom stereocenters. The molecule has 1 aliphatic rings. The Morgan fingerprint density at radius 1 is 1.28 bits per heavy atom. The molecule has 2 unspecified atom stereocenters. The fourth-order valence-corrected chi connectivity index (χ4v) is 2.46. The van der Waals surface area contributed by atoms with Crippen LogP contribution in [0.1, 0.15) is 57.3 Å². The van der Waals surface area contributed by atoms with Crippen LogP contribution in [0.25, 0.3) is 0 Å². The Bertz CT molecular complexity index is 409. The molecular formula is C16H26N2. The standard InChI is InChI=1S/C16H26N2/c1-11(2)16(3,4)10-18-15-9-14(17)12-7-5-6-8-13(12)15/h5-8,11,14-15,18H,9-10,17H2,1-4H3. The number of nitrogens with two attached hydrogens (primary N) is 1. The molecule has 0 saturated heterocycles. The highest BCUT2D eigenvalue weighted by Gasteiger charge is 2.30. The van der Waals surface area contributed by atoms with Gasteiger partial charge in [-0.05, 0) is 28.9 Å². The van der Waals surface area contributed by atoms with Gasteiger partial charge in [-0.1, -0.05) is 52.0 Å². The first-order valence-corrected chi connectivity index (χ1v) is 6.99. The molecule has 2 nitrogen and oxygen atoms in total. The van der Waals surface area contributed by atoms with Crippen LogP contribution in [0.4, 0.5) is 0 Å². The molecule has 0 saturated carbocycles. The van der Waals surface area contributed by atoms with Crippen LogP contribution in [0.2, 0.25) is 0 Å². The third kappa shape index (κ3) is 2.60. The molecule has 0 fully saturated rings. The van der Waals surface area contributed by atoms with Gasteiger partial charge in [0.1, 0.15) is 0 Å². The van der Waals surface area contributed by atoms with E-state index in [-0.39, 0.29) is 6.04 Å². The van der Waals surface area contributed by atoms with Crippen LogP contribution >= 0.6 is 0 Å². The van der Waals surface area contributed by atoms with Gasteiger partial charge in [-0.2, -0.15) is 0 Å². The van der Waals surface area contributed by atoms with Crippen LogP contribution in [0.15, 0.2) is 24.3 Å². The Morgan fingerprint density at radius 3 is 2.50 bits per heavy atom. The van der Waals surface area contributed by atoms with Gasteiger partial charge in [0.15, 0.2) is 0 Å². The molecule has 100 valence electrons. The van der Waals surface area contributed by atoms with E-state index in [9.17, 15) is 0 Å². The number of hydrogen-bond donors (Lipinski definition) is 2. The maximum Gasteiger partial charge on any atom is 0.0341 e. The van der Waals surface area contributed by atoms with E-state index >= 15 is 0 Å². The summed E-state index contributed by atoms with van der Waals surface area (Å²) in [7, 11) is 0. The van der Waals surface area contributed by atoms with Crippen LogP contribution in [0, 0.1) is 11.3 Å². The van der Waals surface area contributed by atoms with Gasteiger partial charge in [-0.25, -0.2) is 0 Å². The van der Waals surface area contributed by atoms with Crippen molar-refractivity contribution in [3.63, 3.8) is 0 Å². The lowest BCUT2D eigenvalue weighted by Gasteiger charge is -2.31. The van der Waals surface area contributed by atoms with Crippen molar-refractivity contribution >= 4 is 0 Å². The third-order valence-electron chi connectivity index (χ3n) is 4.63. The molecule has 2 rings (SSSR count). The summed E-state index contributed by atoms with van der Waals surface area (Å²) in [5, 5.41) is 3.71. The first-order chi connectivity index (χ1) is 8.42. The topological polar surface area (TPSA) is 38.0 Å². The zero-order chi connectivity index (χ0) is 13.3. The van der Waals surface area contributed by atoms with E-state index in [0.29, 0.717) is 17.4 Å². The number of hydrogen-bond acceptors (Lipinski definition) is 2. The summed E-state index contributed by atoms with van der Waals surface area (Å²) < 4.78 is 0. The van der Waals surface area contributed by atoms with Crippen molar-refractivity contribution in [2.24, 2.45) is 17.1 Å². The minimum atomic E-state index is 0.195. The molecule has 3 N–H and O–H groups in total. The van der Waals surface area contributed by atoms with E-state index in [1.54, 1.807) is 0 Å². The van der Waals surface area contributed by atoms with Gasteiger partial charge in [0, 0.05) is 18.6 Å². The van der Waals surface area contributed by atoms with Crippen LogP contribution in [-0.2, 0) is 0 Å². The lowest BCUT2D eigenvalue weighted by molar-refractivity contribution is 0.227. The fraction of sp³-hybridized carbons (Fsp3) is 0.625. The molecule has 0 spiro atoms. The lowest BCUT2D eigenvalue weighted by Crippen LogP contribution is -2.35. The highest BCUT2D eigenvalue weighted by molar-refractivity contribution is 5.37. The molecule has 0 aliphatic heterocycles. The summed E-state index contributed by atoms with van der Waals surface area (Å²) >= 11 is 0.